The molecule has 0 aromatic heterocycles. The van der Waals surface area contributed by atoms with Crippen LogP contribution in [0, 0.1) is 23.7 Å². The lowest BCUT2D eigenvalue weighted by Crippen LogP contribution is -2.10. The summed E-state index contributed by atoms with van der Waals surface area (Å²) < 4.78 is 0. The molecule has 0 aromatic carbocycles. The van der Waals surface area contributed by atoms with Gasteiger partial charge in [-0.3, -0.25) is 4.79 Å². The molecule has 0 N–H and O–H groups in total. The van der Waals surface area contributed by atoms with Crippen LogP contribution in [0.25, 0.3) is 0 Å². The molecule has 2 atom stereocenters. The van der Waals surface area contributed by atoms with E-state index < -0.39 is 0 Å². The second-order valence-electron chi connectivity index (χ2n) is 7.81. The zero-order chi connectivity index (χ0) is 15.5. The van der Waals surface area contributed by atoms with Crippen molar-refractivity contribution in [3.63, 3.8) is 0 Å². The van der Waals surface area contributed by atoms with Crippen molar-refractivity contribution in [2.24, 2.45) is 23.7 Å². The Morgan fingerprint density at radius 2 is 1.00 bits per heavy atom. The molecule has 0 bridgehead atoms. The summed E-state index contributed by atoms with van der Waals surface area (Å²) in [5, 5.41) is 0. The van der Waals surface area contributed by atoms with Gasteiger partial charge in [-0.05, 0) is 23.7 Å². The van der Waals surface area contributed by atoms with Crippen LogP contribution in [0.15, 0.2) is 0 Å². The number of carbonyl (C=O) groups is 1. The topological polar surface area (TPSA) is 17.1 Å². The molecule has 120 valence electrons. The van der Waals surface area contributed by atoms with Gasteiger partial charge in [-0.15, -0.1) is 0 Å². The molecule has 0 aliphatic carbocycles. The standard InChI is InChI=1S/C19H38O/c1-15(2)9-7-11-17(5)13-19(20)14-18(6)12-8-10-16(3)4/h15-18H,7-14H2,1-6H3. The van der Waals surface area contributed by atoms with E-state index >= 15 is 0 Å². The average Bonchev–Trinajstić information content (AvgIpc) is 2.26. The first kappa shape index (κ1) is 19.7. The van der Waals surface area contributed by atoms with E-state index in [0.717, 1.165) is 24.7 Å². The molecule has 0 aliphatic rings. The van der Waals surface area contributed by atoms with Crippen molar-refractivity contribution in [3.05, 3.63) is 0 Å². The number of carbonyl (C=O) groups excluding carboxylic acids is 1. The summed E-state index contributed by atoms with van der Waals surface area (Å²) in [5.41, 5.74) is 0. The predicted molar refractivity (Wildman–Crippen MR) is 89.9 cm³/mol. The molecule has 0 saturated carbocycles. The fourth-order valence-corrected chi connectivity index (χ4v) is 2.81. The molecule has 1 nitrogen and oxygen atoms in total. The van der Waals surface area contributed by atoms with E-state index in [1.807, 2.05) is 0 Å². The first-order chi connectivity index (χ1) is 9.31. The number of hydrogen-bond acceptors (Lipinski definition) is 1. The minimum atomic E-state index is 0.485. The van der Waals surface area contributed by atoms with E-state index in [1.165, 1.54) is 38.5 Å². The summed E-state index contributed by atoms with van der Waals surface area (Å²) >= 11 is 0. The van der Waals surface area contributed by atoms with Gasteiger partial charge in [-0.25, -0.2) is 0 Å². The summed E-state index contributed by atoms with van der Waals surface area (Å²) in [6.45, 7) is 13.6. The van der Waals surface area contributed by atoms with Crippen LogP contribution in [0.3, 0.4) is 0 Å². The van der Waals surface area contributed by atoms with Crippen LogP contribution < -0.4 is 0 Å². The van der Waals surface area contributed by atoms with Crippen LogP contribution in [0.2, 0.25) is 0 Å². The number of Topliss-reactive ketones (excluding diaryl/α,β-unsaturated/α-hetero) is 1. The van der Waals surface area contributed by atoms with Crippen molar-refractivity contribution >= 4 is 5.78 Å². The number of hydrogen-bond donors (Lipinski definition) is 0. The van der Waals surface area contributed by atoms with Crippen molar-refractivity contribution in [1.82, 2.24) is 0 Å². The summed E-state index contributed by atoms with van der Waals surface area (Å²) in [7, 11) is 0. The van der Waals surface area contributed by atoms with E-state index in [0.29, 0.717) is 17.6 Å². The van der Waals surface area contributed by atoms with Crippen LogP contribution in [0.4, 0.5) is 0 Å². The second-order valence-corrected chi connectivity index (χ2v) is 7.81. The normalized spacial score (nSPS) is 14.8. The average molecular weight is 283 g/mol. The highest BCUT2D eigenvalue weighted by Gasteiger charge is 2.13. The molecule has 0 aromatic rings. The zero-order valence-corrected chi connectivity index (χ0v) is 14.9. The number of ketones is 1. The summed E-state index contributed by atoms with van der Waals surface area (Å²) in [6.07, 6.45) is 9.16. The van der Waals surface area contributed by atoms with Crippen molar-refractivity contribution < 1.29 is 4.79 Å². The van der Waals surface area contributed by atoms with Crippen LogP contribution >= 0.6 is 0 Å². The molecule has 2 unspecified atom stereocenters. The van der Waals surface area contributed by atoms with Crippen molar-refractivity contribution in [2.75, 3.05) is 0 Å². The zero-order valence-electron chi connectivity index (χ0n) is 14.9. The Labute approximate surface area is 127 Å². The van der Waals surface area contributed by atoms with Crippen LogP contribution in [0.1, 0.15) is 92.9 Å². The van der Waals surface area contributed by atoms with Gasteiger partial charge in [0.2, 0.25) is 0 Å². The van der Waals surface area contributed by atoms with Gasteiger partial charge in [0, 0.05) is 12.8 Å². The first-order valence-electron chi connectivity index (χ1n) is 8.82. The molecule has 0 rings (SSSR count). The molecule has 0 fully saturated rings. The Kier molecular flexibility index (Phi) is 11.2. The molecule has 0 aliphatic heterocycles. The molecule has 0 heterocycles. The predicted octanol–water partition coefficient (Wildman–Crippen LogP) is 6.26. The Balaban J connectivity index is 3.69. The van der Waals surface area contributed by atoms with Crippen molar-refractivity contribution in [2.45, 2.75) is 92.9 Å². The Bertz CT molecular complexity index is 218. The lowest BCUT2D eigenvalue weighted by Gasteiger charge is -2.14. The molecule has 0 spiro atoms. The summed E-state index contributed by atoms with van der Waals surface area (Å²) in [5.74, 6) is 3.21. The third-order valence-electron chi connectivity index (χ3n) is 4.11. The molecule has 1 heteroatoms. The van der Waals surface area contributed by atoms with Gasteiger partial charge < -0.3 is 0 Å². The first-order valence-corrected chi connectivity index (χ1v) is 8.82. The maximum atomic E-state index is 12.1. The quantitative estimate of drug-likeness (QED) is 0.413. The van der Waals surface area contributed by atoms with E-state index in [1.54, 1.807) is 0 Å². The van der Waals surface area contributed by atoms with E-state index in [4.69, 9.17) is 0 Å². The third kappa shape index (κ3) is 12.7. The number of rotatable bonds is 12. The van der Waals surface area contributed by atoms with E-state index in [-0.39, 0.29) is 0 Å². The van der Waals surface area contributed by atoms with E-state index in [2.05, 4.69) is 41.5 Å². The Morgan fingerprint density at radius 3 is 1.30 bits per heavy atom. The third-order valence-corrected chi connectivity index (χ3v) is 4.11. The monoisotopic (exact) mass is 282 g/mol. The molecular weight excluding hydrogens is 244 g/mol. The van der Waals surface area contributed by atoms with Gasteiger partial charge in [0.1, 0.15) is 5.78 Å². The van der Waals surface area contributed by atoms with Crippen LogP contribution in [0.5, 0.6) is 0 Å². The molecule has 0 saturated heterocycles. The van der Waals surface area contributed by atoms with Crippen molar-refractivity contribution in [1.29, 1.82) is 0 Å². The SMILES string of the molecule is CC(C)CCCC(C)CC(=O)CC(C)CCCC(C)C. The lowest BCUT2D eigenvalue weighted by atomic mass is 9.90. The Hall–Kier alpha value is -0.330. The molecule has 0 radical (unpaired) electrons. The fraction of sp³-hybridized carbons (Fsp3) is 0.947. The van der Waals surface area contributed by atoms with Crippen molar-refractivity contribution in [3.8, 4) is 0 Å². The molecular formula is C19H38O. The van der Waals surface area contributed by atoms with Gasteiger partial charge in [-0.2, -0.15) is 0 Å². The fourth-order valence-electron chi connectivity index (χ4n) is 2.81. The summed E-state index contributed by atoms with van der Waals surface area (Å²) in [6, 6.07) is 0. The van der Waals surface area contributed by atoms with Gasteiger partial charge in [0.25, 0.3) is 0 Å². The molecule has 20 heavy (non-hydrogen) atoms. The lowest BCUT2D eigenvalue weighted by molar-refractivity contribution is -0.120. The van der Waals surface area contributed by atoms with E-state index in [9.17, 15) is 4.79 Å². The van der Waals surface area contributed by atoms with Crippen LogP contribution in [-0.4, -0.2) is 5.78 Å². The second kappa shape index (κ2) is 11.3. The highest BCUT2D eigenvalue weighted by Crippen LogP contribution is 2.20. The van der Waals surface area contributed by atoms with Gasteiger partial charge >= 0.3 is 0 Å². The van der Waals surface area contributed by atoms with Gasteiger partial charge in [0.05, 0.1) is 0 Å². The minimum absolute atomic E-state index is 0.485. The highest BCUT2D eigenvalue weighted by molar-refractivity contribution is 5.78. The smallest absolute Gasteiger partial charge is 0.133 e. The largest absolute Gasteiger partial charge is 0.300 e. The molecule has 0 amide bonds. The Morgan fingerprint density at radius 1 is 0.650 bits per heavy atom. The maximum absolute atomic E-state index is 12.1. The minimum Gasteiger partial charge on any atom is -0.300 e. The van der Waals surface area contributed by atoms with Gasteiger partial charge in [0.15, 0.2) is 0 Å². The summed E-state index contributed by atoms with van der Waals surface area (Å²) in [4.78, 5) is 12.1. The van der Waals surface area contributed by atoms with Crippen LogP contribution in [-0.2, 0) is 4.79 Å². The van der Waals surface area contributed by atoms with Gasteiger partial charge in [-0.1, -0.05) is 80.1 Å². The maximum Gasteiger partial charge on any atom is 0.133 e. The highest BCUT2D eigenvalue weighted by atomic mass is 16.1.